The molecule has 1 aromatic rings. The van der Waals surface area contributed by atoms with E-state index in [0.717, 1.165) is 31.4 Å². The highest BCUT2D eigenvalue weighted by Gasteiger charge is 2.43. The second-order valence-corrected chi connectivity index (χ2v) is 10.5. The van der Waals surface area contributed by atoms with Gasteiger partial charge in [-0.25, -0.2) is 13.2 Å². The van der Waals surface area contributed by atoms with Crippen molar-refractivity contribution in [3.05, 3.63) is 35.1 Å². The second kappa shape index (κ2) is 12.0. The van der Waals surface area contributed by atoms with Crippen molar-refractivity contribution in [3.8, 4) is 0 Å². The third-order valence-electron chi connectivity index (χ3n) is 4.01. The number of unbranched alkanes of at least 4 members (excludes halogenated alkanes) is 3. The van der Waals surface area contributed by atoms with E-state index >= 15 is 0 Å². The van der Waals surface area contributed by atoms with Gasteiger partial charge in [-0.05, 0) is 60.8 Å². The van der Waals surface area contributed by atoms with E-state index in [1.54, 1.807) is 0 Å². The summed E-state index contributed by atoms with van der Waals surface area (Å²) in [5.41, 5.74) is -0.0421. The average molecular weight is 421 g/mol. The van der Waals surface area contributed by atoms with Gasteiger partial charge >= 0.3 is 8.80 Å². The molecule has 1 aromatic carbocycles. The van der Waals surface area contributed by atoms with Crippen molar-refractivity contribution in [1.29, 1.82) is 0 Å². The van der Waals surface area contributed by atoms with E-state index < -0.39 is 26.3 Å². The fourth-order valence-electron chi connectivity index (χ4n) is 3.15. The summed E-state index contributed by atoms with van der Waals surface area (Å²) in [5, 5.41) is 0. The molecule has 0 saturated carbocycles. The highest BCUT2D eigenvalue weighted by molar-refractivity contribution is 6.60. The van der Waals surface area contributed by atoms with Gasteiger partial charge in [0, 0.05) is 42.1 Å². The quantitative estimate of drug-likeness (QED) is 0.272. The van der Waals surface area contributed by atoms with Gasteiger partial charge in [-0.15, -0.1) is 0 Å². The molecular weight excluding hydrogens is 385 g/mol. The molecule has 0 unspecified atom stereocenters. The molecule has 0 fully saturated rings. The van der Waals surface area contributed by atoms with Crippen LogP contribution >= 0.6 is 0 Å². The van der Waals surface area contributed by atoms with Gasteiger partial charge in [0.15, 0.2) is 0 Å². The van der Waals surface area contributed by atoms with Crippen LogP contribution in [-0.4, -0.2) is 27.1 Å². The van der Waals surface area contributed by atoms with Crippen molar-refractivity contribution in [2.45, 2.75) is 98.0 Å². The zero-order valence-corrected chi connectivity index (χ0v) is 19.0. The lowest BCUT2D eigenvalue weighted by atomic mass is 10.1. The Bertz CT molecular complexity index is 545. The molecule has 0 aliphatic heterocycles. The van der Waals surface area contributed by atoms with Gasteiger partial charge in [0.1, 0.15) is 17.5 Å². The van der Waals surface area contributed by atoms with Gasteiger partial charge in [-0.1, -0.05) is 12.8 Å². The minimum absolute atomic E-state index is 0.00796. The van der Waals surface area contributed by atoms with Gasteiger partial charge in [0.25, 0.3) is 0 Å². The Morgan fingerprint density at radius 3 is 1.57 bits per heavy atom. The Balaban J connectivity index is 2.55. The second-order valence-electron chi connectivity index (χ2n) is 7.95. The van der Waals surface area contributed by atoms with E-state index in [9.17, 15) is 13.2 Å². The molecule has 162 valence electrons. The normalized spacial score (nSPS) is 12.6. The van der Waals surface area contributed by atoms with E-state index in [0.29, 0.717) is 12.5 Å². The van der Waals surface area contributed by atoms with E-state index in [1.807, 2.05) is 41.5 Å². The van der Waals surface area contributed by atoms with E-state index in [4.69, 9.17) is 13.3 Å². The van der Waals surface area contributed by atoms with E-state index in [2.05, 4.69) is 0 Å². The number of benzene rings is 1. The van der Waals surface area contributed by atoms with Crippen molar-refractivity contribution < 1.29 is 26.4 Å². The lowest BCUT2D eigenvalue weighted by Gasteiger charge is -2.34. The zero-order chi connectivity index (χ0) is 21.3. The molecule has 0 radical (unpaired) electrons. The van der Waals surface area contributed by atoms with Crippen LogP contribution < -0.4 is 0 Å². The zero-order valence-electron chi connectivity index (χ0n) is 18.0. The summed E-state index contributed by atoms with van der Waals surface area (Å²) in [7, 11) is -2.79. The molecule has 0 spiro atoms. The summed E-state index contributed by atoms with van der Waals surface area (Å²) < 4.78 is 58.7. The topological polar surface area (TPSA) is 27.7 Å². The highest BCUT2D eigenvalue weighted by atomic mass is 28.4. The first-order valence-corrected chi connectivity index (χ1v) is 12.1. The maximum Gasteiger partial charge on any atom is 0.501 e. The summed E-state index contributed by atoms with van der Waals surface area (Å²) in [6, 6.07) is 2.17. The molecule has 0 amide bonds. The van der Waals surface area contributed by atoms with Crippen LogP contribution in [0.4, 0.5) is 13.2 Å². The molecule has 0 saturated heterocycles. The smallest absolute Gasteiger partial charge is 0.371 e. The maximum absolute atomic E-state index is 13.7. The predicted octanol–water partition coefficient (Wildman–Crippen LogP) is 6.42. The highest BCUT2D eigenvalue weighted by Crippen LogP contribution is 2.25. The molecular formula is C21H35F3O3Si. The van der Waals surface area contributed by atoms with Gasteiger partial charge in [-0.3, -0.25) is 0 Å². The summed E-state index contributed by atoms with van der Waals surface area (Å²) in [6.45, 7) is 11.8. The standard InChI is InChI=1S/C21H35F3O3Si/c1-15(2)25-28(26-16(3)4,27-17(5)6)12-10-8-7-9-11-19-20(23)13-18(22)14-21(19)24/h13-17H,7-12H2,1-6H3. The summed E-state index contributed by atoms with van der Waals surface area (Å²) in [5.74, 6) is -2.52. The van der Waals surface area contributed by atoms with Crippen molar-refractivity contribution in [2.75, 3.05) is 0 Å². The fourth-order valence-corrected chi connectivity index (χ4v) is 6.50. The first-order chi connectivity index (χ1) is 13.0. The number of hydrogen-bond acceptors (Lipinski definition) is 3. The van der Waals surface area contributed by atoms with Crippen LogP contribution in [0.2, 0.25) is 6.04 Å². The van der Waals surface area contributed by atoms with Crippen molar-refractivity contribution in [2.24, 2.45) is 0 Å². The third kappa shape index (κ3) is 9.07. The molecule has 0 bridgehead atoms. The van der Waals surface area contributed by atoms with E-state index in [-0.39, 0.29) is 30.3 Å². The molecule has 0 heterocycles. The van der Waals surface area contributed by atoms with Crippen LogP contribution in [0.3, 0.4) is 0 Å². The molecule has 0 aliphatic rings. The van der Waals surface area contributed by atoms with Crippen LogP contribution in [0.25, 0.3) is 0 Å². The molecule has 1 rings (SSSR count). The lowest BCUT2D eigenvalue weighted by molar-refractivity contribution is 0.00278. The fraction of sp³-hybridized carbons (Fsp3) is 0.714. The first kappa shape index (κ1) is 25.1. The molecule has 0 aliphatic carbocycles. The summed E-state index contributed by atoms with van der Waals surface area (Å²) in [6.07, 6.45) is 3.46. The Morgan fingerprint density at radius 2 is 1.14 bits per heavy atom. The monoisotopic (exact) mass is 420 g/mol. The van der Waals surface area contributed by atoms with E-state index in [1.165, 1.54) is 0 Å². The Kier molecular flexibility index (Phi) is 10.7. The van der Waals surface area contributed by atoms with Gasteiger partial charge < -0.3 is 13.3 Å². The number of hydrogen-bond donors (Lipinski definition) is 0. The minimum atomic E-state index is -2.79. The predicted molar refractivity (Wildman–Crippen MR) is 108 cm³/mol. The Morgan fingerprint density at radius 1 is 0.714 bits per heavy atom. The average Bonchev–Trinajstić information content (AvgIpc) is 2.50. The molecule has 0 atom stereocenters. The molecule has 0 N–H and O–H groups in total. The third-order valence-corrected chi connectivity index (χ3v) is 7.47. The summed E-state index contributed by atoms with van der Waals surface area (Å²) in [4.78, 5) is 0. The summed E-state index contributed by atoms with van der Waals surface area (Å²) >= 11 is 0. The van der Waals surface area contributed by atoms with Gasteiger partial charge in [-0.2, -0.15) is 0 Å². The van der Waals surface area contributed by atoms with Crippen LogP contribution in [0.5, 0.6) is 0 Å². The van der Waals surface area contributed by atoms with Crippen molar-refractivity contribution in [3.63, 3.8) is 0 Å². The van der Waals surface area contributed by atoms with Crippen LogP contribution in [0.15, 0.2) is 12.1 Å². The Hall–Kier alpha value is -0.893. The SMILES string of the molecule is CC(C)O[Si](CCCCCCc1c(F)cc(F)cc1F)(OC(C)C)OC(C)C. The van der Waals surface area contributed by atoms with Crippen LogP contribution in [0, 0.1) is 17.5 Å². The minimum Gasteiger partial charge on any atom is -0.371 e. The number of rotatable bonds is 13. The molecule has 7 heteroatoms. The molecule has 3 nitrogen and oxygen atoms in total. The molecule has 0 aromatic heterocycles. The maximum atomic E-state index is 13.7. The van der Waals surface area contributed by atoms with Crippen LogP contribution in [0.1, 0.15) is 72.8 Å². The van der Waals surface area contributed by atoms with Crippen LogP contribution in [-0.2, 0) is 19.7 Å². The van der Waals surface area contributed by atoms with Crippen molar-refractivity contribution >= 4 is 8.80 Å². The molecule has 28 heavy (non-hydrogen) atoms. The first-order valence-electron chi connectivity index (χ1n) is 10.2. The lowest BCUT2D eigenvalue weighted by Crippen LogP contribution is -2.50. The van der Waals surface area contributed by atoms with Gasteiger partial charge in [0.2, 0.25) is 0 Å². The number of halogens is 3. The largest absolute Gasteiger partial charge is 0.501 e. The Labute approximate surface area is 168 Å². The van der Waals surface area contributed by atoms with Crippen molar-refractivity contribution in [1.82, 2.24) is 0 Å². The van der Waals surface area contributed by atoms with Gasteiger partial charge in [0.05, 0.1) is 0 Å².